The summed E-state index contributed by atoms with van der Waals surface area (Å²) in [5.74, 6) is 2.09. The molecule has 1 N–H and O–H groups in total. The molecule has 0 bridgehead atoms. The molecule has 1 saturated heterocycles. The van der Waals surface area contributed by atoms with E-state index in [1.54, 1.807) is 18.3 Å². The highest BCUT2D eigenvalue weighted by atomic mass is 35.5. The first-order valence-corrected chi connectivity index (χ1v) is 9.62. The van der Waals surface area contributed by atoms with E-state index in [1.807, 2.05) is 6.07 Å². The van der Waals surface area contributed by atoms with Crippen LogP contribution in [0.25, 0.3) is 0 Å². The van der Waals surface area contributed by atoms with Crippen molar-refractivity contribution in [3.05, 3.63) is 33.1 Å². The van der Waals surface area contributed by atoms with Gasteiger partial charge in [-0.2, -0.15) is 4.98 Å². The molecular formula is C16H23ClN6OS. The molecule has 0 spiro atoms. The van der Waals surface area contributed by atoms with Gasteiger partial charge in [0.05, 0.1) is 4.34 Å². The molecule has 0 aliphatic carbocycles. The molecule has 7 nitrogen and oxygen atoms in total. The summed E-state index contributed by atoms with van der Waals surface area (Å²) in [5, 5.41) is 7.25. The van der Waals surface area contributed by atoms with Gasteiger partial charge >= 0.3 is 0 Å². The van der Waals surface area contributed by atoms with Crippen molar-refractivity contribution in [2.45, 2.75) is 26.9 Å². The number of piperazine rings is 1. The molecule has 3 heterocycles. The van der Waals surface area contributed by atoms with Gasteiger partial charge in [-0.05, 0) is 19.1 Å². The number of halogens is 1. The molecule has 3 rings (SSSR count). The van der Waals surface area contributed by atoms with Crippen LogP contribution in [0.4, 0.5) is 0 Å². The molecule has 9 heteroatoms. The number of rotatable bonds is 5. The van der Waals surface area contributed by atoms with E-state index < -0.39 is 0 Å². The van der Waals surface area contributed by atoms with Gasteiger partial charge in [-0.3, -0.25) is 4.90 Å². The molecule has 2 aromatic rings. The maximum absolute atomic E-state index is 6.02. The van der Waals surface area contributed by atoms with Crippen LogP contribution < -0.4 is 5.32 Å². The van der Waals surface area contributed by atoms with E-state index in [1.165, 1.54) is 4.88 Å². The Morgan fingerprint density at radius 3 is 2.76 bits per heavy atom. The second-order valence-electron chi connectivity index (χ2n) is 5.87. The molecule has 1 aliphatic rings. The molecule has 1 aliphatic heterocycles. The SMILES string of the molecule is CCNC(=NCc1noc(C)n1)N1CCN(Cc2ccc(Cl)s2)CC1. The second-order valence-corrected chi connectivity index (χ2v) is 7.67. The van der Waals surface area contributed by atoms with Crippen molar-refractivity contribution in [1.82, 2.24) is 25.3 Å². The van der Waals surface area contributed by atoms with Crippen LogP contribution in [0.15, 0.2) is 21.6 Å². The van der Waals surface area contributed by atoms with Crippen molar-refractivity contribution in [3.63, 3.8) is 0 Å². The highest BCUT2D eigenvalue weighted by Gasteiger charge is 2.20. The number of thiophene rings is 1. The largest absolute Gasteiger partial charge is 0.357 e. The lowest BCUT2D eigenvalue weighted by molar-refractivity contribution is 0.173. The minimum atomic E-state index is 0.424. The molecule has 0 aromatic carbocycles. The quantitative estimate of drug-likeness (QED) is 0.632. The van der Waals surface area contributed by atoms with Crippen LogP contribution in [-0.4, -0.2) is 58.6 Å². The Balaban J connectivity index is 1.54. The van der Waals surface area contributed by atoms with E-state index in [0.29, 0.717) is 18.3 Å². The van der Waals surface area contributed by atoms with E-state index in [-0.39, 0.29) is 0 Å². The summed E-state index contributed by atoms with van der Waals surface area (Å²) in [6.07, 6.45) is 0. The third-order valence-corrected chi connectivity index (χ3v) is 5.17. The van der Waals surface area contributed by atoms with Gasteiger partial charge in [-0.1, -0.05) is 16.8 Å². The molecular weight excluding hydrogens is 360 g/mol. The average molecular weight is 383 g/mol. The molecule has 136 valence electrons. The maximum atomic E-state index is 6.02. The fourth-order valence-corrected chi connectivity index (χ4v) is 3.88. The van der Waals surface area contributed by atoms with Crippen LogP contribution in [0.2, 0.25) is 4.34 Å². The Labute approximate surface area is 156 Å². The Morgan fingerprint density at radius 2 is 2.16 bits per heavy atom. The fraction of sp³-hybridized carbons (Fsp3) is 0.562. The number of aliphatic imine (C=N–C) groups is 1. The third-order valence-electron chi connectivity index (χ3n) is 3.95. The standard InChI is InChI=1S/C16H23ClN6OS/c1-3-18-16(19-10-15-20-12(2)24-21-15)23-8-6-22(7-9-23)11-13-4-5-14(17)25-13/h4-5H,3,6-11H2,1-2H3,(H,18,19). The first kappa shape index (κ1) is 18.2. The molecule has 1 fully saturated rings. The minimum absolute atomic E-state index is 0.424. The van der Waals surface area contributed by atoms with E-state index >= 15 is 0 Å². The number of aromatic nitrogens is 2. The Hall–Kier alpha value is -1.64. The van der Waals surface area contributed by atoms with Crippen LogP contribution in [-0.2, 0) is 13.1 Å². The van der Waals surface area contributed by atoms with Crippen molar-refractivity contribution < 1.29 is 4.52 Å². The Bertz CT molecular complexity index is 707. The van der Waals surface area contributed by atoms with Crippen LogP contribution >= 0.6 is 22.9 Å². The fourth-order valence-electron chi connectivity index (χ4n) is 2.75. The molecule has 0 radical (unpaired) electrons. The molecule has 0 atom stereocenters. The molecule has 2 aromatic heterocycles. The van der Waals surface area contributed by atoms with E-state index in [0.717, 1.165) is 49.6 Å². The van der Waals surface area contributed by atoms with Gasteiger partial charge in [0.1, 0.15) is 6.54 Å². The molecule has 25 heavy (non-hydrogen) atoms. The summed E-state index contributed by atoms with van der Waals surface area (Å²) in [6.45, 7) is 9.96. The lowest BCUT2D eigenvalue weighted by Gasteiger charge is -2.36. The Morgan fingerprint density at radius 1 is 1.36 bits per heavy atom. The van der Waals surface area contributed by atoms with Crippen LogP contribution in [0.5, 0.6) is 0 Å². The number of nitrogens with one attached hydrogen (secondary N) is 1. The van der Waals surface area contributed by atoms with Crippen LogP contribution in [0.1, 0.15) is 23.5 Å². The summed E-state index contributed by atoms with van der Waals surface area (Å²) in [7, 11) is 0. The lowest BCUT2D eigenvalue weighted by Crippen LogP contribution is -2.52. The molecule has 0 saturated carbocycles. The Kier molecular flexibility index (Phi) is 6.28. The highest BCUT2D eigenvalue weighted by molar-refractivity contribution is 7.16. The molecule has 0 amide bonds. The monoisotopic (exact) mass is 382 g/mol. The summed E-state index contributed by atoms with van der Waals surface area (Å²) >= 11 is 7.67. The van der Waals surface area contributed by atoms with Crippen molar-refractivity contribution >= 4 is 28.9 Å². The smallest absolute Gasteiger partial charge is 0.223 e. The van der Waals surface area contributed by atoms with Crippen molar-refractivity contribution in [2.24, 2.45) is 4.99 Å². The van der Waals surface area contributed by atoms with Gasteiger partial charge in [0.25, 0.3) is 0 Å². The average Bonchev–Trinajstić information content (AvgIpc) is 3.20. The first-order valence-electron chi connectivity index (χ1n) is 8.43. The summed E-state index contributed by atoms with van der Waals surface area (Å²) in [4.78, 5) is 14.9. The van der Waals surface area contributed by atoms with E-state index in [2.05, 4.69) is 43.2 Å². The highest BCUT2D eigenvalue weighted by Crippen LogP contribution is 2.23. The number of guanidine groups is 1. The van der Waals surface area contributed by atoms with Gasteiger partial charge < -0.3 is 14.7 Å². The number of aryl methyl sites for hydroxylation is 1. The van der Waals surface area contributed by atoms with Gasteiger partial charge in [0.2, 0.25) is 5.89 Å². The van der Waals surface area contributed by atoms with E-state index in [9.17, 15) is 0 Å². The second kappa shape index (κ2) is 8.64. The summed E-state index contributed by atoms with van der Waals surface area (Å²) < 4.78 is 5.85. The first-order chi connectivity index (χ1) is 12.1. The van der Waals surface area contributed by atoms with Crippen molar-refractivity contribution in [3.8, 4) is 0 Å². The van der Waals surface area contributed by atoms with Gasteiger partial charge in [0.15, 0.2) is 11.8 Å². The third kappa shape index (κ3) is 5.17. The zero-order valence-corrected chi connectivity index (χ0v) is 16.1. The predicted molar refractivity (Wildman–Crippen MR) is 100 cm³/mol. The topological polar surface area (TPSA) is 69.8 Å². The van der Waals surface area contributed by atoms with Crippen molar-refractivity contribution in [2.75, 3.05) is 32.7 Å². The maximum Gasteiger partial charge on any atom is 0.223 e. The van der Waals surface area contributed by atoms with E-state index in [4.69, 9.17) is 16.1 Å². The number of nitrogens with zero attached hydrogens (tertiary/aromatic N) is 5. The van der Waals surface area contributed by atoms with Gasteiger partial charge in [0, 0.05) is 51.1 Å². The van der Waals surface area contributed by atoms with Gasteiger partial charge in [-0.15, -0.1) is 11.3 Å². The van der Waals surface area contributed by atoms with Crippen LogP contribution in [0, 0.1) is 6.92 Å². The molecule has 0 unspecified atom stereocenters. The number of hydrogen-bond acceptors (Lipinski definition) is 6. The summed E-state index contributed by atoms with van der Waals surface area (Å²) in [6, 6.07) is 4.07. The predicted octanol–water partition coefficient (Wildman–Crippen LogP) is 2.38. The minimum Gasteiger partial charge on any atom is -0.357 e. The van der Waals surface area contributed by atoms with Gasteiger partial charge in [-0.25, -0.2) is 4.99 Å². The zero-order valence-electron chi connectivity index (χ0n) is 14.5. The normalized spacial score (nSPS) is 16.4. The van der Waals surface area contributed by atoms with Crippen LogP contribution in [0.3, 0.4) is 0 Å². The number of hydrogen-bond donors (Lipinski definition) is 1. The van der Waals surface area contributed by atoms with Crippen molar-refractivity contribution in [1.29, 1.82) is 0 Å². The summed E-state index contributed by atoms with van der Waals surface area (Å²) in [5.41, 5.74) is 0. The lowest BCUT2D eigenvalue weighted by atomic mass is 10.3. The zero-order chi connectivity index (χ0) is 17.6.